The molecule has 10 heteroatoms. The van der Waals surface area contributed by atoms with Crippen LogP contribution < -0.4 is 19.1 Å². The van der Waals surface area contributed by atoms with Crippen LogP contribution in [0.3, 0.4) is 0 Å². The van der Waals surface area contributed by atoms with E-state index in [4.69, 9.17) is 21.1 Å². The second-order valence-corrected chi connectivity index (χ2v) is 10.9. The number of nitrogens with one attached hydrogen (secondary N) is 1. The number of hydrogen-bond acceptors (Lipinski definition) is 5. The van der Waals surface area contributed by atoms with Gasteiger partial charge in [0.15, 0.2) is 5.75 Å². The second-order valence-electron chi connectivity index (χ2n) is 8.55. The fourth-order valence-electron chi connectivity index (χ4n) is 3.66. The SMILES string of the molecule is CS(=O)(=O)N(Cc1ccc(C(=O)NCCOc2ccc(F)cc2)cc1)c1cc(Cl)ccc1Oc1ccccc1. The van der Waals surface area contributed by atoms with Gasteiger partial charge in [0.1, 0.15) is 23.9 Å². The number of para-hydroxylation sites is 1. The van der Waals surface area contributed by atoms with Gasteiger partial charge in [-0.05, 0) is 72.3 Å². The highest BCUT2D eigenvalue weighted by molar-refractivity contribution is 7.92. The third-order valence-corrected chi connectivity index (χ3v) is 6.93. The van der Waals surface area contributed by atoms with E-state index in [0.29, 0.717) is 33.4 Å². The fourth-order valence-corrected chi connectivity index (χ4v) is 4.71. The molecule has 1 N–H and O–H groups in total. The number of carbonyl (C=O) groups is 1. The summed E-state index contributed by atoms with van der Waals surface area (Å²) in [6, 6.07) is 26.0. The largest absolute Gasteiger partial charge is 0.492 e. The smallest absolute Gasteiger partial charge is 0.251 e. The first kappa shape index (κ1) is 27.9. The van der Waals surface area contributed by atoms with Crippen LogP contribution in [0, 0.1) is 5.82 Å². The Labute approximate surface area is 231 Å². The minimum atomic E-state index is -3.73. The molecule has 0 saturated heterocycles. The topological polar surface area (TPSA) is 84.9 Å². The van der Waals surface area contributed by atoms with Gasteiger partial charge in [-0.2, -0.15) is 0 Å². The average molecular weight is 569 g/mol. The molecule has 0 aliphatic heterocycles. The maximum Gasteiger partial charge on any atom is 0.251 e. The third kappa shape index (κ3) is 7.95. The summed E-state index contributed by atoms with van der Waals surface area (Å²) in [4.78, 5) is 12.5. The summed E-state index contributed by atoms with van der Waals surface area (Å²) in [5, 5.41) is 3.11. The predicted octanol–water partition coefficient (Wildman–Crippen LogP) is 6.05. The molecule has 7 nitrogen and oxygen atoms in total. The summed E-state index contributed by atoms with van der Waals surface area (Å²) in [5.74, 6) is 0.718. The van der Waals surface area contributed by atoms with Crippen LogP contribution in [0.4, 0.5) is 10.1 Å². The molecule has 39 heavy (non-hydrogen) atoms. The zero-order chi connectivity index (χ0) is 27.8. The maximum absolute atomic E-state index is 13.0. The summed E-state index contributed by atoms with van der Waals surface area (Å²) in [6.45, 7) is 0.461. The summed E-state index contributed by atoms with van der Waals surface area (Å²) >= 11 is 6.22. The molecule has 0 spiro atoms. The van der Waals surface area contributed by atoms with Crippen molar-refractivity contribution in [2.24, 2.45) is 0 Å². The van der Waals surface area contributed by atoms with E-state index in [2.05, 4.69) is 5.32 Å². The molecule has 0 aromatic heterocycles. The van der Waals surface area contributed by atoms with Crippen molar-refractivity contribution in [3.63, 3.8) is 0 Å². The molecule has 0 heterocycles. The summed E-state index contributed by atoms with van der Waals surface area (Å²) < 4.78 is 51.3. The molecule has 4 aromatic carbocycles. The average Bonchev–Trinajstić information content (AvgIpc) is 2.92. The molecule has 1 amide bonds. The van der Waals surface area contributed by atoms with Crippen molar-refractivity contribution in [1.29, 1.82) is 0 Å². The van der Waals surface area contributed by atoms with E-state index in [-0.39, 0.29) is 37.1 Å². The Morgan fingerprint density at radius 1 is 0.923 bits per heavy atom. The maximum atomic E-state index is 13.0. The Hall–Kier alpha value is -4.08. The first-order chi connectivity index (χ1) is 18.7. The number of amides is 1. The molecule has 0 bridgehead atoms. The molecule has 4 aromatic rings. The van der Waals surface area contributed by atoms with Crippen LogP contribution in [0.5, 0.6) is 17.2 Å². The number of sulfonamides is 1. The van der Waals surface area contributed by atoms with Crippen LogP contribution >= 0.6 is 11.6 Å². The van der Waals surface area contributed by atoms with Crippen molar-refractivity contribution in [1.82, 2.24) is 5.32 Å². The third-order valence-electron chi connectivity index (χ3n) is 5.57. The Balaban J connectivity index is 1.43. The van der Waals surface area contributed by atoms with Crippen LogP contribution in [0.25, 0.3) is 0 Å². The number of benzene rings is 4. The van der Waals surface area contributed by atoms with Crippen LogP contribution in [0.2, 0.25) is 5.02 Å². The van der Waals surface area contributed by atoms with E-state index < -0.39 is 10.0 Å². The van der Waals surface area contributed by atoms with Gasteiger partial charge >= 0.3 is 0 Å². The highest BCUT2D eigenvalue weighted by Crippen LogP contribution is 2.36. The van der Waals surface area contributed by atoms with Crippen molar-refractivity contribution in [2.45, 2.75) is 6.54 Å². The van der Waals surface area contributed by atoms with Crippen LogP contribution in [-0.2, 0) is 16.6 Å². The Morgan fingerprint density at radius 2 is 1.62 bits per heavy atom. The molecule has 0 aliphatic rings. The van der Waals surface area contributed by atoms with Crippen molar-refractivity contribution < 1.29 is 27.1 Å². The molecule has 0 saturated carbocycles. The van der Waals surface area contributed by atoms with Gasteiger partial charge in [0, 0.05) is 10.6 Å². The Bertz CT molecular complexity index is 1520. The highest BCUT2D eigenvalue weighted by Gasteiger charge is 2.23. The lowest BCUT2D eigenvalue weighted by Gasteiger charge is -2.25. The van der Waals surface area contributed by atoms with Crippen LogP contribution in [0.1, 0.15) is 15.9 Å². The molecule has 0 radical (unpaired) electrons. The second kappa shape index (κ2) is 12.6. The lowest BCUT2D eigenvalue weighted by molar-refractivity contribution is 0.0947. The first-order valence-electron chi connectivity index (χ1n) is 11.9. The minimum Gasteiger partial charge on any atom is -0.492 e. The number of rotatable bonds is 11. The fraction of sp³-hybridized carbons (Fsp3) is 0.138. The van der Waals surface area contributed by atoms with Gasteiger partial charge in [-0.1, -0.05) is 41.9 Å². The van der Waals surface area contributed by atoms with E-state index in [1.165, 1.54) is 34.6 Å². The molecule has 0 atom stereocenters. The summed E-state index contributed by atoms with van der Waals surface area (Å²) in [5.41, 5.74) is 1.35. The van der Waals surface area contributed by atoms with Gasteiger partial charge in [0.05, 0.1) is 25.0 Å². The van der Waals surface area contributed by atoms with Crippen LogP contribution in [0.15, 0.2) is 97.1 Å². The van der Waals surface area contributed by atoms with Gasteiger partial charge < -0.3 is 14.8 Å². The standard InChI is InChI=1S/C29H26ClFN2O5S/c1-39(35,36)33(27-19-23(30)11-16-28(27)38-26-5-3-2-4-6-26)20-21-7-9-22(10-8-21)29(34)32-17-18-37-25-14-12-24(31)13-15-25/h2-16,19H,17-18,20H2,1H3,(H,32,34). The lowest BCUT2D eigenvalue weighted by Crippen LogP contribution is -2.30. The first-order valence-corrected chi connectivity index (χ1v) is 14.2. The van der Waals surface area contributed by atoms with E-state index in [0.717, 1.165) is 6.26 Å². The van der Waals surface area contributed by atoms with E-state index in [1.807, 2.05) is 18.2 Å². The molecule has 4 rings (SSSR count). The number of hydrogen-bond donors (Lipinski definition) is 1. The van der Waals surface area contributed by atoms with Crippen LogP contribution in [-0.4, -0.2) is 33.7 Å². The van der Waals surface area contributed by atoms with Gasteiger partial charge in [-0.25, -0.2) is 12.8 Å². The normalized spacial score (nSPS) is 11.1. The summed E-state index contributed by atoms with van der Waals surface area (Å²) in [6.07, 6.45) is 1.11. The number of anilines is 1. The summed E-state index contributed by atoms with van der Waals surface area (Å²) in [7, 11) is -3.73. The zero-order valence-corrected chi connectivity index (χ0v) is 22.6. The van der Waals surface area contributed by atoms with Crippen molar-refractivity contribution in [3.8, 4) is 17.2 Å². The molecule has 0 aliphatic carbocycles. The highest BCUT2D eigenvalue weighted by atomic mass is 35.5. The molecular formula is C29H26ClFN2O5S. The number of ether oxygens (including phenoxy) is 2. The van der Waals surface area contributed by atoms with Crippen molar-refractivity contribution in [3.05, 3.63) is 119 Å². The lowest BCUT2D eigenvalue weighted by atomic mass is 10.1. The monoisotopic (exact) mass is 568 g/mol. The molecule has 202 valence electrons. The minimum absolute atomic E-state index is 0.00225. The van der Waals surface area contributed by atoms with Crippen molar-refractivity contribution >= 4 is 33.2 Å². The van der Waals surface area contributed by atoms with E-state index in [1.54, 1.807) is 48.5 Å². The molecule has 0 fully saturated rings. The quantitative estimate of drug-likeness (QED) is 0.223. The van der Waals surface area contributed by atoms with Gasteiger partial charge in [-0.3, -0.25) is 9.10 Å². The predicted molar refractivity (Wildman–Crippen MR) is 150 cm³/mol. The number of nitrogens with zero attached hydrogens (tertiary/aromatic N) is 1. The van der Waals surface area contributed by atoms with Gasteiger partial charge in [-0.15, -0.1) is 0 Å². The van der Waals surface area contributed by atoms with E-state index in [9.17, 15) is 17.6 Å². The molecular weight excluding hydrogens is 543 g/mol. The Kier molecular flexibility index (Phi) is 9.06. The number of carbonyl (C=O) groups excluding carboxylic acids is 1. The number of halogens is 2. The Morgan fingerprint density at radius 3 is 2.28 bits per heavy atom. The molecule has 0 unspecified atom stereocenters. The zero-order valence-electron chi connectivity index (χ0n) is 21.0. The van der Waals surface area contributed by atoms with E-state index >= 15 is 0 Å². The van der Waals surface area contributed by atoms with Crippen molar-refractivity contribution in [2.75, 3.05) is 23.7 Å². The van der Waals surface area contributed by atoms with Gasteiger partial charge in [0.25, 0.3) is 5.91 Å². The van der Waals surface area contributed by atoms with Gasteiger partial charge in [0.2, 0.25) is 10.0 Å².